The Labute approximate surface area is 129 Å². The van der Waals surface area contributed by atoms with Crippen LogP contribution in [0.25, 0.3) is 11.3 Å². The van der Waals surface area contributed by atoms with Crippen LogP contribution in [-0.4, -0.2) is 43.4 Å². The van der Waals surface area contributed by atoms with Crippen molar-refractivity contribution in [2.45, 2.75) is 12.6 Å². The number of hydrogen-bond acceptors (Lipinski definition) is 4. The molecule has 2 aromatic rings. The first-order valence-electron chi connectivity index (χ1n) is 6.78. The number of ether oxygens (including phenoxy) is 1. The van der Waals surface area contributed by atoms with Crippen LogP contribution in [0, 0.1) is 0 Å². The number of benzene rings is 1. The number of nitrogens with zero attached hydrogens (tertiary/aromatic N) is 1. The molecule has 0 bridgehead atoms. The number of aliphatic hydroxyl groups is 1. The summed E-state index contributed by atoms with van der Waals surface area (Å²) in [5.41, 5.74) is 0.993. The van der Waals surface area contributed by atoms with E-state index in [-0.39, 0.29) is 0 Å². The average Bonchev–Trinajstić information content (AvgIpc) is 2.88. The van der Waals surface area contributed by atoms with E-state index in [4.69, 9.17) is 20.8 Å². The van der Waals surface area contributed by atoms with Gasteiger partial charge in [0.15, 0.2) is 0 Å². The molecule has 1 unspecified atom stereocenters. The van der Waals surface area contributed by atoms with E-state index in [0.717, 1.165) is 17.1 Å². The summed E-state index contributed by atoms with van der Waals surface area (Å²) in [7, 11) is 3.51. The summed E-state index contributed by atoms with van der Waals surface area (Å²) in [6, 6.07) is 11.4. The van der Waals surface area contributed by atoms with Crippen LogP contribution in [0.2, 0.25) is 5.02 Å². The minimum Gasteiger partial charge on any atom is -0.460 e. The van der Waals surface area contributed by atoms with Crippen LogP contribution >= 0.6 is 11.6 Å². The maximum Gasteiger partial charge on any atom is 0.134 e. The Kier molecular flexibility index (Phi) is 5.82. The van der Waals surface area contributed by atoms with Crippen molar-refractivity contribution >= 4 is 11.6 Å². The predicted molar refractivity (Wildman–Crippen MR) is 83.4 cm³/mol. The van der Waals surface area contributed by atoms with Crippen molar-refractivity contribution in [2.75, 3.05) is 27.3 Å². The lowest BCUT2D eigenvalue weighted by Gasteiger charge is -2.18. The van der Waals surface area contributed by atoms with Gasteiger partial charge in [-0.1, -0.05) is 11.6 Å². The van der Waals surface area contributed by atoms with E-state index >= 15 is 0 Å². The second-order valence-corrected chi connectivity index (χ2v) is 5.52. The summed E-state index contributed by atoms with van der Waals surface area (Å²) in [5.74, 6) is 1.67. The summed E-state index contributed by atoms with van der Waals surface area (Å²) in [5, 5.41) is 10.4. The molecule has 5 heteroatoms. The molecular weight excluding hydrogens is 290 g/mol. The number of halogens is 1. The maximum absolute atomic E-state index is 9.70. The standard InChI is InChI=1S/C16H20ClNO3/c1-18(9-14(19)11-20-2)10-15-7-8-16(21-15)12-3-5-13(17)6-4-12/h3-8,14,19H,9-11H2,1-2H3. The van der Waals surface area contributed by atoms with E-state index in [0.29, 0.717) is 24.7 Å². The first-order chi connectivity index (χ1) is 10.1. The van der Waals surface area contributed by atoms with Gasteiger partial charge in [-0.3, -0.25) is 4.90 Å². The zero-order valence-corrected chi connectivity index (χ0v) is 13.0. The second-order valence-electron chi connectivity index (χ2n) is 5.08. The Bertz CT molecular complexity index is 553. The fraction of sp³-hybridized carbons (Fsp3) is 0.375. The summed E-state index contributed by atoms with van der Waals surface area (Å²) in [6.07, 6.45) is -0.495. The lowest BCUT2D eigenvalue weighted by molar-refractivity contribution is 0.0407. The van der Waals surface area contributed by atoms with E-state index in [2.05, 4.69) is 0 Å². The molecule has 0 spiro atoms. The van der Waals surface area contributed by atoms with Crippen LogP contribution in [0.5, 0.6) is 0 Å². The van der Waals surface area contributed by atoms with Gasteiger partial charge in [0.25, 0.3) is 0 Å². The molecule has 4 nitrogen and oxygen atoms in total. The molecule has 1 aromatic heterocycles. The Morgan fingerprint density at radius 1 is 1.24 bits per heavy atom. The predicted octanol–water partition coefficient (Wildman–Crippen LogP) is 3.04. The van der Waals surface area contributed by atoms with E-state index in [1.54, 1.807) is 7.11 Å². The third-order valence-electron chi connectivity index (χ3n) is 3.10. The van der Waals surface area contributed by atoms with Crippen LogP contribution in [0.15, 0.2) is 40.8 Å². The molecule has 0 saturated heterocycles. The van der Waals surface area contributed by atoms with Gasteiger partial charge in [-0.25, -0.2) is 0 Å². The molecule has 0 radical (unpaired) electrons. The number of rotatable bonds is 7. The summed E-state index contributed by atoms with van der Waals surface area (Å²) >= 11 is 5.88. The molecule has 1 atom stereocenters. The average molecular weight is 310 g/mol. The lowest BCUT2D eigenvalue weighted by Crippen LogP contribution is -2.31. The van der Waals surface area contributed by atoms with Crippen molar-refractivity contribution < 1.29 is 14.3 Å². The SMILES string of the molecule is COCC(O)CN(C)Cc1ccc(-c2ccc(Cl)cc2)o1. The number of furan rings is 1. The largest absolute Gasteiger partial charge is 0.460 e. The fourth-order valence-corrected chi connectivity index (χ4v) is 2.29. The lowest BCUT2D eigenvalue weighted by atomic mass is 10.2. The van der Waals surface area contributed by atoms with E-state index in [1.165, 1.54) is 0 Å². The number of aliphatic hydroxyl groups excluding tert-OH is 1. The van der Waals surface area contributed by atoms with Gasteiger partial charge in [0.1, 0.15) is 11.5 Å². The van der Waals surface area contributed by atoms with Crippen LogP contribution in [0.1, 0.15) is 5.76 Å². The molecule has 0 saturated carbocycles. The van der Waals surface area contributed by atoms with Crippen LogP contribution in [0.3, 0.4) is 0 Å². The molecule has 0 aliphatic carbocycles. The van der Waals surface area contributed by atoms with Gasteiger partial charge in [-0.05, 0) is 43.4 Å². The minimum atomic E-state index is -0.495. The molecular formula is C16H20ClNO3. The Morgan fingerprint density at radius 3 is 2.62 bits per heavy atom. The van der Waals surface area contributed by atoms with Gasteiger partial charge in [0, 0.05) is 24.2 Å². The third kappa shape index (κ3) is 4.86. The maximum atomic E-state index is 9.70. The molecule has 114 valence electrons. The Balaban J connectivity index is 1.95. The topological polar surface area (TPSA) is 45.8 Å². The smallest absolute Gasteiger partial charge is 0.134 e. The van der Waals surface area contributed by atoms with Crippen LogP contribution in [0.4, 0.5) is 0 Å². The molecule has 1 aromatic carbocycles. The van der Waals surface area contributed by atoms with Gasteiger partial charge in [-0.2, -0.15) is 0 Å². The van der Waals surface area contributed by atoms with Crippen molar-refractivity contribution in [2.24, 2.45) is 0 Å². The number of methoxy groups -OCH3 is 1. The molecule has 1 heterocycles. The highest BCUT2D eigenvalue weighted by Gasteiger charge is 2.11. The van der Waals surface area contributed by atoms with Crippen molar-refractivity contribution in [3.05, 3.63) is 47.2 Å². The van der Waals surface area contributed by atoms with Crippen LogP contribution in [-0.2, 0) is 11.3 Å². The Morgan fingerprint density at radius 2 is 1.95 bits per heavy atom. The minimum absolute atomic E-state index is 0.332. The zero-order valence-electron chi connectivity index (χ0n) is 12.3. The molecule has 0 aliphatic heterocycles. The number of likely N-dealkylation sites (N-methyl/N-ethyl adjacent to an activating group) is 1. The molecule has 0 aliphatic rings. The highest BCUT2D eigenvalue weighted by atomic mass is 35.5. The van der Waals surface area contributed by atoms with Crippen molar-refractivity contribution in [3.8, 4) is 11.3 Å². The van der Waals surface area contributed by atoms with Gasteiger partial charge >= 0.3 is 0 Å². The van der Waals surface area contributed by atoms with Gasteiger partial charge in [-0.15, -0.1) is 0 Å². The first-order valence-corrected chi connectivity index (χ1v) is 7.16. The molecule has 2 rings (SSSR count). The van der Waals surface area contributed by atoms with Gasteiger partial charge in [0.2, 0.25) is 0 Å². The monoisotopic (exact) mass is 309 g/mol. The first kappa shape index (κ1) is 16.0. The molecule has 0 amide bonds. The second kappa shape index (κ2) is 7.61. The van der Waals surface area contributed by atoms with E-state index in [9.17, 15) is 5.11 Å². The van der Waals surface area contributed by atoms with Crippen molar-refractivity contribution in [3.63, 3.8) is 0 Å². The zero-order chi connectivity index (χ0) is 15.2. The fourth-order valence-electron chi connectivity index (χ4n) is 2.17. The summed E-state index contributed by atoms with van der Waals surface area (Å²) in [4.78, 5) is 1.99. The van der Waals surface area contributed by atoms with Crippen molar-refractivity contribution in [1.82, 2.24) is 4.90 Å². The summed E-state index contributed by atoms with van der Waals surface area (Å²) < 4.78 is 10.7. The van der Waals surface area contributed by atoms with Gasteiger partial charge < -0.3 is 14.3 Å². The van der Waals surface area contributed by atoms with Gasteiger partial charge in [0.05, 0.1) is 19.3 Å². The molecule has 0 fully saturated rings. The van der Waals surface area contributed by atoms with E-state index in [1.807, 2.05) is 48.3 Å². The number of hydrogen-bond donors (Lipinski definition) is 1. The molecule has 21 heavy (non-hydrogen) atoms. The quantitative estimate of drug-likeness (QED) is 0.854. The highest BCUT2D eigenvalue weighted by Crippen LogP contribution is 2.24. The molecule has 1 N–H and O–H groups in total. The normalized spacial score (nSPS) is 12.8. The summed E-state index contributed by atoms with van der Waals surface area (Å²) in [6.45, 7) is 1.50. The van der Waals surface area contributed by atoms with E-state index < -0.39 is 6.10 Å². The Hall–Kier alpha value is -1.33. The van der Waals surface area contributed by atoms with Crippen molar-refractivity contribution in [1.29, 1.82) is 0 Å². The van der Waals surface area contributed by atoms with Crippen LogP contribution < -0.4 is 0 Å². The third-order valence-corrected chi connectivity index (χ3v) is 3.35. The highest BCUT2D eigenvalue weighted by molar-refractivity contribution is 6.30.